The monoisotopic (exact) mass is 114 g/mol. The second-order valence-corrected chi connectivity index (χ2v) is 2.60. The highest BCUT2D eigenvalue weighted by atomic mass is 31.1. The van der Waals surface area contributed by atoms with E-state index in [-0.39, 0.29) is 0 Å². The molecule has 0 rings (SSSR count). The van der Waals surface area contributed by atoms with Crippen LogP contribution in [0.5, 0.6) is 0 Å². The van der Waals surface area contributed by atoms with Crippen LogP contribution in [0.3, 0.4) is 0 Å². The van der Waals surface area contributed by atoms with Gasteiger partial charge in [-0.25, -0.2) is 0 Å². The van der Waals surface area contributed by atoms with Crippen molar-refractivity contribution >= 4 is 8.58 Å². The van der Waals surface area contributed by atoms with E-state index in [0.29, 0.717) is 0 Å². The van der Waals surface area contributed by atoms with Crippen molar-refractivity contribution in [3.8, 4) is 0 Å². The topological polar surface area (TPSA) is 0 Å². The van der Waals surface area contributed by atoms with Crippen molar-refractivity contribution in [2.75, 3.05) is 6.16 Å². The van der Waals surface area contributed by atoms with Gasteiger partial charge in [0.05, 0.1) is 0 Å². The molecule has 0 saturated heterocycles. The van der Waals surface area contributed by atoms with Crippen molar-refractivity contribution in [1.82, 2.24) is 0 Å². The Hall–Kier alpha value is -0.0900. The first kappa shape index (κ1) is 6.91. The van der Waals surface area contributed by atoms with Crippen molar-refractivity contribution in [3.05, 3.63) is 24.5 Å². The van der Waals surface area contributed by atoms with Gasteiger partial charge in [-0.15, -0.1) is 0 Å². The summed E-state index contributed by atoms with van der Waals surface area (Å²) in [5.74, 6) is 2.15. The Kier molecular flexibility index (Phi) is 5.83. The van der Waals surface area contributed by atoms with Crippen molar-refractivity contribution < 1.29 is 0 Å². The van der Waals surface area contributed by atoms with Crippen LogP contribution in [-0.2, 0) is 0 Å². The maximum atomic E-state index is 3.55. The van der Waals surface area contributed by atoms with Gasteiger partial charge < -0.3 is 0 Å². The lowest BCUT2D eigenvalue weighted by Crippen LogP contribution is -1.50. The summed E-state index contributed by atoms with van der Waals surface area (Å²) in [4.78, 5) is 0. The Balaban J connectivity index is 2.92. The normalized spacial score (nSPS) is 11.6. The molecule has 0 N–H and O–H groups in total. The van der Waals surface area contributed by atoms with Gasteiger partial charge >= 0.3 is 0 Å². The van der Waals surface area contributed by atoms with Crippen LogP contribution >= 0.6 is 8.58 Å². The molecule has 0 aromatic carbocycles. The van der Waals surface area contributed by atoms with Gasteiger partial charge in [0.1, 0.15) is 0 Å². The molecule has 7 heavy (non-hydrogen) atoms. The maximum absolute atomic E-state index is 3.55. The van der Waals surface area contributed by atoms with Crippen LogP contribution in [0.25, 0.3) is 0 Å². The van der Waals surface area contributed by atoms with E-state index in [1.807, 2.05) is 12.2 Å². The molecule has 0 radical (unpaired) electrons. The van der Waals surface area contributed by atoms with Gasteiger partial charge in [0.15, 0.2) is 0 Å². The molecule has 0 aromatic rings. The minimum atomic E-state index is 0.970. The van der Waals surface area contributed by atoms with E-state index < -0.39 is 0 Å². The van der Waals surface area contributed by atoms with Gasteiger partial charge in [-0.2, -0.15) is 0 Å². The van der Waals surface area contributed by atoms with Crippen LogP contribution in [-0.4, -0.2) is 6.16 Å². The minimum Gasteiger partial charge on any atom is -0.0991 e. The SMILES string of the molecule is C=CC=CPCC. The molecule has 0 spiro atoms. The zero-order chi connectivity index (χ0) is 5.54. The quantitative estimate of drug-likeness (QED) is 0.390. The van der Waals surface area contributed by atoms with E-state index in [1.54, 1.807) is 0 Å². The van der Waals surface area contributed by atoms with Crippen LogP contribution in [0.15, 0.2) is 24.5 Å². The summed E-state index contributed by atoms with van der Waals surface area (Å²) in [5.41, 5.74) is 0. The van der Waals surface area contributed by atoms with Gasteiger partial charge in [0.25, 0.3) is 0 Å². The molecule has 0 aliphatic heterocycles. The van der Waals surface area contributed by atoms with Crippen LogP contribution in [0.4, 0.5) is 0 Å². The Morgan fingerprint density at radius 1 is 1.71 bits per heavy atom. The van der Waals surface area contributed by atoms with E-state index in [1.165, 1.54) is 6.16 Å². The second-order valence-electron chi connectivity index (χ2n) is 1.15. The third-order valence-corrected chi connectivity index (χ3v) is 1.39. The Morgan fingerprint density at radius 2 is 2.43 bits per heavy atom. The first-order valence-corrected chi connectivity index (χ1v) is 3.71. The third-order valence-electron chi connectivity index (χ3n) is 0.554. The third kappa shape index (κ3) is 5.91. The van der Waals surface area contributed by atoms with Crippen molar-refractivity contribution in [2.45, 2.75) is 6.92 Å². The van der Waals surface area contributed by atoms with Crippen LogP contribution in [0.1, 0.15) is 6.92 Å². The summed E-state index contributed by atoms with van der Waals surface area (Å²) in [5, 5.41) is 0. The summed E-state index contributed by atoms with van der Waals surface area (Å²) in [7, 11) is 0.970. The number of hydrogen-bond donors (Lipinski definition) is 0. The molecule has 0 aliphatic carbocycles. The zero-order valence-electron chi connectivity index (χ0n) is 4.65. The first-order chi connectivity index (χ1) is 3.41. The van der Waals surface area contributed by atoms with Crippen LogP contribution in [0.2, 0.25) is 0 Å². The molecule has 0 aromatic heterocycles. The van der Waals surface area contributed by atoms with Gasteiger partial charge in [-0.3, -0.25) is 0 Å². The molecule has 40 valence electrons. The first-order valence-electron chi connectivity index (χ1n) is 2.42. The molecule has 1 heteroatoms. The molecule has 0 bridgehead atoms. The predicted molar refractivity (Wildman–Crippen MR) is 38.2 cm³/mol. The molecule has 0 heterocycles. The molecular formula is C6H11P. The molecule has 1 atom stereocenters. The van der Waals surface area contributed by atoms with Crippen LogP contribution in [0, 0.1) is 0 Å². The van der Waals surface area contributed by atoms with E-state index in [0.717, 1.165) is 8.58 Å². The fourth-order valence-corrected chi connectivity index (χ4v) is 0.762. The minimum absolute atomic E-state index is 0.970. The smallest absolute Gasteiger partial charge is 0.0347 e. The van der Waals surface area contributed by atoms with Gasteiger partial charge in [-0.1, -0.05) is 40.1 Å². The molecule has 0 amide bonds. The lowest BCUT2D eigenvalue weighted by Gasteiger charge is -1.78. The fourth-order valence-electron chi connectivity index (χ4n) is 0.254. The summed E-state index contributed by atoms with van der Waals surface area (Å²) in [6, 6.07) is 0. The van der Waals surface area contributed by atoms with E-state index in [9.17, 15) is 0 Å². The molecule has 0 fully saturated rings. The Bertz CT molecular complexity index is 64.6. The zero-order valence-corrected chi connectivity index (χ0v) is 5.65. The van der Waals surface area contributed by atoms with E-state index in [4.69, 9.17) is 0 Å². The molecule has 1 unspecified atom stereocenters. The highest BCUT2D eigenvalue weighted by Gasteiger charge is 1.65. The van der Waals surface area contributed by atoms with Gasteiger partial charge in [-0.05, 0) is 6.16 Å². The van der Waals surface area contributed by atoms with E-state index >= 15 is 0 Å². The lowest BCUT2D eigenvalue weighted by molar-refractivity contribution is 1.52. The largest absolute Gasteiger partial charge is 0.0991 e. The molecule has 0 nitrogen and oxygen atoms in total. The average molecular weight is 114 g/mol. The molecular weight excluding hydrogens is 103 g/mol. The average Bonchev–Trinajstić information content (AvgIpc) is 1.69. The second kappa shape index (κ2) is 5.91. The van der Waals surface area contributed by atoms with Crippen molar-refractivity contribution in [3.63, 3.8) is 0 Å². The van der Waals surface area contributed by atoms with Gasteiger partial charge in [0.2, 0.25) is 0 Å². The molecule has 0 saturated carbocycles. The fraction of sp³-hybridized carbons (Fsp3) is 0.333. The highest BCUT2D eigenvalue weighted by molar-refractivity contribution is 7.41. The van der Waals surface area contributed by atoms with E-state index in [2.05, 4.69) is 19.3 Å². The summed E-state index contributed by atoms with van der Waals surface area (Å²) in [6.07, 6.45) is 5.05. The van der Waals surface area contributed by atoms with Crippen molar-refractivity contribution in [1.29, 1.82) is 0 Å². The van der Waals surface area contributed by atoms with Crippen molar-refractivity contribution in [2.24, 2.45) is 0 Å². The standard InChI is InChI=1S/C6H11P/c1-3-5-6-7-4-2/h3,5-7H,1,4H2,2H3. The number of allylic oxidation sites excluding steroid dienone is 2. The Morgan fingerprint density at radius 3 is 2.86 bits per heavy atom. The summed E-state index contributed by atoms with van der Waals surface area (Å²) < 4.78 is 0. The lowest BCUT2D eigenvalue weighted by atomic mass is 10.6. The molecule has 0 aliphatic rings. The van der Waals surface area contributed by atoms with Crippen LogP contribution < -0.4 is 0 Å². The maximum Gasteiger partial charge on any atom is -0.0347 e. The summed E-state index contributed by atoms with van der Waals surface area (Å²) in [6.45, 7) is 5.72. The number of rotatable bonds is 3. The predicted octanol–water partition coefficient (Wildman–Crippen LogP) is 2.38. The Labute approximate surface area is 47.1 Å². The number of hydrogen-bond acceptors (Lipinski definition) is 0. The van der Waals surface area contributed by atoms with Gasteiger partial charge in [0, 0.05) is 0 Å². The summed E-state index contributed by atoms with van der Waals surface area (Å²) >= 11 is 0. The highest BCUT2D eigenvalue weighted by Crippen LogP contribution is 2.08.